The molecule has 34 heavy (non-hydrogen) atoms. The third-order valence-corrected chi connectivity index (χ3v) is 6.76. The lowest BCUT2D eigenvalue weighted by atomic mass is 9.88. The first-order valence-corrected chi connectivity index (χ1v) is 12.3. The molecule has 2 aliphatic rings. The summed E-state index contributed by atoms with van der Waals surface area (Å²) in [4.78, 5) is 33.5. The minimum atomic E-state index is -0.520. The Balaban J connectivity index is 1.35. The Morgan fingerprint density at radius 3 is 2.71 bits per heavy atom. The fraction of sp³-hybridized carbons (Fsp3) is 0.429. The van der Waals surface area contributed by atoms with Gasteiger partial charge >= 0.3 is 0 Å². The number of benzene rings is 2. The van der Waals surface area contributed by atoms with E-state index in [1.165, 1.54) is 16.7 Å². The first-order chi connectivity index (χ1) is 16.5. The molecule has 2 atom stereocenters. The number of nitrogens with zero attached hydrogens (tertiary/aromatic N) is 1. The van der Waals surface area contributed by atoms with Crippen LogP contribution in [0.25, 0.3) is 5.57 Å². The molecular formula is C28H35N3O3. The molecule has 2 unspecified atom stereocenters. The summed E-state index contributed by atoms with van der Waals surface area (Å²) in [5, 5.41) is 3.29. The van der Waals surface area contributed by atoms with Gasteiger partial charge in [0.05, 0.1) is 18.6 Å². The highest BCUT2D eigenvalue weighted by Gasteiger charge is 2.38. The molecule has 0 bridgehead atoms. The maximum Gasteiger partial charge on any atom is 0.248 e. The third-order valence-electron chi connectivity index (χ3n) is 6.76. The van der Waals surface area contributed by atoms with Gasteiger partial charge in [-0.1, -0.05) is 74.5 Å². The smallest absolute Gasteiger partial charge is 0.248 e. The Bertz CT molecular complexity index is 1020. The number of nitrogens with one attached hydrogen (secondary N) is 2. The average Bonchev–Trinajstić information content (AvgIpc) is 2.89. The molecule has 0 aromatic heterocycles. The van der Waals surface area contributed by atoms with Gasteiger partial charge in [-0.15, -0.1) is 0 Å². The van der Waals surface area contributed by atoms with Crippen LogP contribution in [-0.2, 0) is 21.0 Å². The molecule has 2 amide bonds. The van der Waals surface area contributed by atoms with E-state index in [1.54, 1.807) is 0 Å². The lowest BCUT2D eigenvalue weighted by Gasteiger charge is -2.35. The van der Waals surface area contributed by atoms with Gasteiger partial charge in [-0.05, 0) is 54.0 Å². The maximum atomic E-state index is 13.4. The SMILES string of the molecule is CC(C)c1cccc(C2=CCN(C(=O)C3NCCCC3C(=O)NOCc3ccccc3)CC2)c1. The first-order valence-electron chi connectivity index (χ1n) is 12.3. The minimum Gasteiger partial charge on any atom is -0.337 e. The van der Waals surface area contributed by atoms with Crippen LogP contribution in [0.3, 0.4) is 0 Å². The predicted molar refractivity (Wildman–Crippen MR) is 134 cm³/mol. The van der Waals surface area contributed by atoms with Gasteiger partial charge in [0.1, 0.15) is 0 Å². The van der Waals surface area contributed by atoms with Gasteiger partial charge in [-0.25, -0.2) is 5.48 Å². The highest BCUT2D eigenvalue weighted by Crippen LogP contribution is 2.27. The summed E-state index contributed by atoms with van der Waals surface area (Å²) < 4.78 is 0. The van der Waals surface area contributed by atoms with Crippen molar-refractivity contribution < 1.29 is 14.4 Å². The van der Waals surface area contributed by atoms with Crippen LogP contribution in [0, 0.1) is 5.92 Å². The lowest BCUT2D eigenvalue weighted by molar-refractivity contribution is -0.146. The number of carbonyl (C=O) groups excluding carboxylic acids is 2. The molecule has 0 aliphatic carbocycles. The van der Waals surface area contributed by atoms with E-state index in [0.717, 1.165) is 24.9 Å². The quantitative estimate of drug-likeness (QED) is 0.611. The summed E-state index contributed by atoms with van der Waals surface area (Å²) in [5.41, 5.74) is 7.40. The second-order valence-corrected chi connectivity index (χ2v) is 9.46. The van der Waals surface area contributed by atoms with Crippen molar-refractivity contribution in [2.24, 2.45) is 5.92 Å². The monoisotopic (exact) mass is 461 g/mol. The van der Waals surface area contributed by atoms with Gasteiger partial charge in [0.25, 0.3) is 0 Å². The van der Waals surface area contributed by atoms with E-state index in [4.69, 9.17) is 4.84 Å². The highest BCUT2D eigenvalue weighted by atomic mass is 16.6. The zero-order chi connectivity index (χ0) is 23.9. The zero-order valence-electron chi connectivity index (χ0n) is 20.1. The molecule has 1 fully saturated rings. The maximum absolute atomic E-state index is 13.4. The molecule has 6 heteroatoms. The molecule has 180 valence electrons. The average molecular weight is 462 g/mol. The van der Waals surface area contributed by atoms with Crippen molar-refractivity contribution in [3.05, 3.63) is 77.4 Å². The van der Waals surface area contributed by atoms with Crippen molar-refractivity contribution in [1.29, 1.82) is 0 Å². The van der Waals surface area contributed by atoms with Gasteiger partial charge in [0.2, 0.25) is 11.8 Å². The fourth-order valence-corrected chi connectivity index (χ4v) is 4.70. The molecule has 2 heterocycles. The number of piperidine rings is 1. The summed E-state index contributed by atoms with van der Waals surface area (Å²) in [6.45, 7) is 6.66. The van der Waals surface area contributed by atoms with Gasteiger partial charge in [-0.3, -0.25) is 14.4 Å². The van der Waals surface area contributed by atoms with E-state index in [1.807, 2.05) is 35.2 Å². The van der Waals surface area contributed by atoms with Crippen molar-refractivity contribution in [3.8, 4) is 0 Å². The van der Waals surface area contributed by atoms with E-state index in [2.05, 4.69) is 55.0 Å². The molecule has 1 saturated heterocycles. The highest BCUT2D eigenvalue weighted by molar-refractivity contribution is 5.90. The number of carbonyl (C=O) groups is 2. The van der Waals surface area contributed by atoms with E-state index < -0.39 is 12.0 Å². The molecule has 0 saturated carbocycles. The summed E-state index contributed by atoms with van der Waals surface area (Å²) in [6, 6.07) is 17.8. The third kappa shape index (κ3) is 5.93. The Morgan fingerprint density at radius 1 is 1.15 bits per heavy atom. The van der Waals surface area contributed by atoms with Gasteiger partial charge in [0, 0.05) is 13.1 Å². The number of amides is 2. The van der Waals surface area contributed by atoms with Crippen molar-refractivity contribution in [2.45, 2.75) is 51.7 Å². The van der Waals surface area contributed by atoms with Gasteiger partial charge in [0.15, 0.2) is 0 Å². The zero-order valence-corrected chi connectivity index (χ0v) is 20.1. The molecule has 0 spiro atoms. The van der Waals surface area contributed by atoms with Crippen LogP contribution in [0.1, 0.15) is 55.7 Å². The fourth-order valence-electron chi connectivity index (χ4n) is 4.70. The Kier molecular flexibility index (Phi) is 8.14. The van der Waals surface area contributed by atoms with Crippen LogP contribution in [0.4, 0.5) is 0 Å². The minimum absolute atomic E-state index is 0.00543. The van der Waals surface area contributed by atoms with Gasteiger partial charge < -0.3 is 10.2 Å². The Hall–Kier alpha value is -2.96. The van der Waals surface area contributed by atoms with Crippen LogP contribution in [-0.4, -0.2) is 42.4 Å². The van der Waals surface area contributed by atoms with E-state index in [-0.39, 0.29) is 11.8 Å². The molecule has 4 rings (SSSR count). The summed E-state index contributed by atoms with van der Waals surface area (Å²) >= 11 is 0. The molecule has 2 aliphatic heterocycles. The topological polar surface area (TPSA) is 70.7 Å². The second-order valence-electron chi connectivity index (χ2n) is 9.46. The number of hydrogen-bond acceptors (Lipinski definition) is 4. The number of hydroxylamine groups is 1. The van der Waals surface area contributed by atoms with Crippen LogP contribution >= 0.6 is 0 Å². The van der Waals surface area contributed by atoms with Crippen molar-refractivity contribution >= 4 is 17.4 Å². The largest absolute Gasteiger partial charge is 0.337 e. The van der Waals surface area contributed by atoms with Crippen LogP contribution in [0.2, 0.25) is 0 Å². The number of rotatable bonds is 7. The second kappa shape index (κ2) is 11.4. The predicted octanol–water partition coefficient (Wildman–Crippen LogP) is 4.04. The summed E-state index contributed by atoms with van der Waals surface area (Å²) in [7, 11) is 0. The van der Waals surface area contributed by atoms with Crippen molar-refractivity contribution in [1.82, 2.24) is 15.7 Å². The van der Waals surface area contributed by atoms with Crippen molar-refractivity contribution in [2.75, 3.05) is 19.6 Å². The molecule has 2 aromatic rings. The molecule has 2 aromatic carbocycles. The normalized spacial score (nSPS) is 20.7. The Morgan fingerprint density at radius 2 is 1.97 bits per heavy atom. The molecule has 0 radical (unpaired) electrons. The molecule has 6 nitrogen and oxygen atoms in total. The van der Waals surface area contributed by atoms with Crippen LogP contribution < -0.4 is 10.8 Å². The standard InChI is InChI=1S/C28H35N3O3/c1-20(2)23-10-6-11-24(18-23)22-13-16-31(17-14-22)28(33)26-25(12-7-15-29-26)27(32)30-34-19-21-8-4-3-5-9-21/h3-6,8-11,13,18,20,25-26,29H,7,12,14-17,19H2,1-2H3,(H,30,32). The van der Waals surface area contributed by atoms with Gasteiger partial charge in [-0.2, -0.15) is 0 Å². The first kappa shape index (κ1) is 24.2. The lowest BCUT2D eigenvalue weighted by Crippen LogP contribution is -2.57. The van der Waals surface area contributed by atoms with Crippen LogP contribution in [0.5, 0.6) is 0 Å². The summed E-state index contributed by atoms with van der Waals surface area (Å²) in [5.74, 6) is -0.196. The van der Waals surface area contributed by atoms with Crippen molar-refractivity contribution in [3.63, 3.8) is 0 Å². The van der Waals surface area contributed by atoms with E-state index in [9.17, 15) is 9.59 Å². The van der Waals surface area contributed by atoms with E-state index in [0.29, 0.717) is 32.0 Å². The van der Waals surface area contributed by atoms with Crippen LogP contribution in [0.15, 0.2) is 60.7 Å². The Labute approximate surface area is 202 Å². The van der Waals surface area contributed by atoms with E-state index >= 15 is 0 Å². The number of hydrogen-bond donors (Lipinski definition) is 2. The molecule has 2 N–H and O–H groups in total. The molecular weight excluding hydrogens is 426 g/mol. The summed E-state index contributed by atoms with van der Waals surface area (Å²) in [6.07, 6.45) is 4.50.